The first-order valence-electron chi connectivity index (χ1n) is 5.22. The lowest BCUT2D eigenvalue weighted by Crippen LogP contribution is -2.14. The maximum Gasteiger partial charge on any atom is 0.263 e. The highest BCUT2D eigenvalue weighted by Gasteiger charge is 2.16. The summed E-state index contributed by atoms with van der Waals surface area (Å²) in [7, 11) is -3.67. The van der Waals surface area contributed by atoms with Crippen LogP contribution < -0.4 is 16.2 Å². The molecule has 0 amide bonds. The smallest absolute Gasteiger partial charge is 0.263 e. The van der Waals surface area contributed by atoms with Gasteiger partial charge in [-0.2, -0.15) is 0 Å². The molecule has 6 heteroatoms. The fraction of sp³-hybridized carbons (Fsp3) is 0. The fourth-order valence-corrected chi connectivity index (χ4v) is 2.68. The zero-order valence-corrected chi connectivity index (χ0v) is 10.3. The molecule has 18 heavy (non-hydrogen) atoms. The Morgan fingerprint density at radius 3 is 2.11 bits per heavy atom. The molecule has 0 heterocycles. The van der Waals surface area contributed by atoms with Crippen molar-refractivity contribution < 1.29 is 8.42 Å². The van der Waals surface area contributed by atoms with E-state index in [2.05, 4.69) is 4.72 Å². The van der Waals surface area contributed by atoms with Crippen molar-refractivity contribution in [2.24, 2.45) is 0 Å². The average Bonchev–Trinajstić information content (AvgIpc) is 2.32. The molecule has 0 radical (unpaired) electrons. The highest BCUT2D eigenvalue weighted by Crippen LogP contribution is 2.21. The second-order valence-electron chi connectivity index (χ2n) is 3.77. The van der Waals surface area contributed by atoms with E-state index >= 15 is 0 Å². The Bertz CT molecular complexity index is 651. The Balaban J connectivity index is 2.33. The Labute approximate surface area is 105 Å². The summed E-state index contributed by atoms with van der Waals surface area (Å²) in [5.74, 6) is 0. The van der Waals surface area contributed by atoms with E-state index in [-0.39, 0.29) is 10.6 Å². The Kier molecular flexibility index (Phi) is 3.12. The molecule has 0 aliphatic rings. The van der Waals surface area contributed by atoms with Crippen molar-refractivity contribution in [3.63, 3.8) is 0 Å². The van der Waals surface area contributed by atoms with E-state index in [0.717, 1.165) is 0 Å². The molecule has 2 aromatic rings. The molecule has 2 aromatic carbocycles. The van der Waals surface area contributed by atoms with Crippen LogP contribution >= 0.6 is 0 Å². The Morgan fingerprint density at radius 1 is 0.889 bits per heavy atom. The van der Waals surface area contributed by atoms with Crippen molar-refractivity contribution in [3.05, 3.63) is 48.5 Å². The van der Waals surface area contributed by atoms with Crippen molar-refractivity contribution in [2.45, 2.75) is 4.90 Å². The molecule has 0 fully saturated rings. The molecule has 0 aliphatic heterocycles. The largest absolute Gasteiger partial charge is 0.399 e. The summed E-state index contributed by atoms with van der Waals surface area (Å²) in [6.07, 6.45) is 0. The summed E-state index contributed by atoms with van der Waals surface area (Å²) in [6.45, 7) is 0. The van der Waals surface area contributed by atoms with E-state index in [1.807, 2.05) is 0 Å². The molecule has 0 saturated heterocycles. The first-order chi connectivity index (χ1) is 8.49. The maximum atomic E-state index is 12.1. The lowest BCUT2D eigenvalue weighted by molar-refractivity contribution is 0.601. The minimum Gasteiger partial charge on any atom is -0.399 e. The lowest BCUT2D eigenvalue weighted by Gasteiger charge is -2.09. The first-order valence-corrected chi connectivity index (χ1v) is 6.70. The van der Waals surface area contributed by atoms with Crippen molar-refractivity contribution in [3.8, 4) is 0 Å². The zero-order valence-electron chi connectivity index (χ0n) is 9.50. The van der Waals surface area contributed by atoms with Gasteiger partial charge >= 0.3 is 0 Å². The highest BCUT2D eigenvalue weighted by molar-refractivity contribution is 7.92. The molecular formula is C12H13N3O2S. The summed E-state index contributed by atoms with van der Waals surface area (Å²) >= 11 is 0. The Hall–Kier alpha value is -2.21. The molecule has 0 bridgehead atoms. The second kappa shape index (κ2) is 4.58. The minimum absolute atomic E-state index is 0.0572. The fourth-order valence-electron chi connectivity index (χ4n) is 1.49. The summed E-state index contributed by atoms with van der Waals surface area (Å²) < 4.78 is 26.6. The number of anilines is 3. The third-order valence-electron chi connectivity index (χ3n) is 2.37. The number of nitrogens with two attached hydrogens (primary N) is 2. The quantitative estimate of drug-likeness (QED) is 0.733. The van der Waals surface area contributed by atoms with E-state index in [4.69, 9.17) is 11.5 Å². The van der Waals surface area contributed by atoms with Gasteiger partial charge in [-0.3, -0.25) is 4.72 Å². The molecule has 0 saturated carbocycles. The van der Waals surface area contributed by atoms with Gasteiger partial charge in [-0.15, -0.1) is 0 Å². The number of sulfonamides is 1. The number of rotatable bonds is 3. The van der Waals surface area contributed by atoms with E-state index in [0.29, 0.717) is 11.4 Å². The SMILES string of the molecule is Nc1ccc(NS(=O)(=O)c2ccccc2N)cc1. The normalized spacial score (nSPS) is 11.1. The molecule has 0 unspecified atom stereocenters. The molecule has 5 nitrogen and oxygen atoms in total. The van der Waals surface area contributed by atoms with Crippen LogP contribution in [0.1, 0.15) is 0 Å². The van der Waals surface area contributed by atoms with Crippen LogP contribution in [-0.2, 0) is 10.0 Å². The molecule has 0 aliphatic carbocycles. The van der Waals surface area contributed by atoms with Gasteiger partial charge in [-0.05, 0) is 36.4 Å². The van der Waals surface area contributed by atoms with Gasteiger partial charge in [0.2, 0.25) is 0 Å². The van der Waals surface area contributed by atoms with Gasteiger partial charge in [0, 0.05) is 11.4 Å². The van der Waals surface area contributed by atoms with Crippen molar-refractivity contribution in [2.75, 3.05) is 16.2 Å². The van der Waals surface area contributed by atoms with E-state index in [1.54, 1.807) is 36.4 Å². The van der Waals surface area contributed by atoms with Gasteiger partial charge in [0.1, 0.15) is 4.90 Å². The first kappa shape index (κ1) is 12.3. The van der Waals surface area contributed by atoms with Gasteiger partial charge in [-0.25, -0.2) is 8.42 Å². The molecule has 2 rings (SSSR count). The van der Waals surface area contributed by atoms with Gasteiger partial charge in [-0.1, -0.05) is 12.1 Å². The second-order valence-corrected chi connectivity index (χ2v) is 5.42. The van der Waals surface area contributed by atoms with Gasteiger partial charge < -0.3 is 11.5 Å². The van der Waals surface area contributed by atoms with E-state index in [9.17, 15) is 8.42 Å². The predicted octanol–water partition coefficient (Wildman–Crippen LogP) is 1.65. The third kappa shape index (κ3) is 2.54. The monoisotopic (exact) mass is 263 g/mol. The van der Waals surface area contributed by atoms with Crippen LogP contribution in [0.4, 0.5) is 17.1 Å². The van der Waals surface area contributed by atoms with Crippen LogP contribution in [0.2, 0.25) is 0 Å². The van der Waals surface area contributed by atoms with E-state index < -0.39 is 10.0 Å². The van der Waals surface area contributed by atoms with Gasteiger partial charge in [0.25, 0.3) is 10.0 Å². The molecule has 0 atom stereocenters. The number of para-hydroxylation sites is 1. The molecule has 0 aromatic heterocycles. The summed E-state index contributed by atoms with van der Waals surface area (Å²) in [4.78, 5) is 0.0572. The van der Waals surface area contributed by atoms with Crippen LogP contribution in [0, 0.1) is 0 Å². The highest BCUT2D eigenvalue weighted by atomic mass is 32.2. The summed E-state index contributed by atoms with van der Waals surface area (Å²) in [6, 6.07) is 12.7. The lowest BCUT2D eigenvalue weighted by atomic mass is 10.3. The average molecular weight is 263 g/mol. The molecule has 5 N–H and O–H groups in total. The molecule has 94 valence electrons. The van der Waals surface area contributed by atoms with Gasteiger partial charge in [0.15, 0.2) is 0 Å². The predicted molar refractivity (Wildman–Crippen MR) is 72.5 cm³/mol. The van der Waals surface area contributed by atoms with E-state index in [1.165, 1.54) is 12.1 Å². The number of benzene rings is 2. The standard InChI is InChI=1S/C12H13N3O2S/c13-9-5-7-10(8-6-9)15-18(16,17)12-4-2-1-3-11(12)14/h1-8,15H,13-14H2. The van der Waals surface area contributed by atoms with Crippen LogP contribution in [0.5, 0.6) is 0 Å². The molecule has 0 spiro atoms. The number of hydrogen-bond donors (Lipinski definition) is 3. The number of hydrogen-bond acceptors (Lipinski definition) is 4. The van der Waals surface area contributed by atoms with Crippen LogP contribution in [0.25, 0.3) is 0 Å². The molecular weight excluding hydrogens is 250 g/mol. The third-order valence-corrected chi connectivity index (χ3v) is 3.83. The van der Waals surface area contributed by atoms with Gasteiger partial charge in [0.05, 0.1) is 5.69 Å². The van der Waals surface area contributed by atoms with Crippen LogP contribution in [0.15, 0.2) is 53.4 Å². The van der Waals surface area contributed by atoms with Crippen molar-refractivity contribution in [1.29, 1.82) is 0 Å². The van der Waals surface area contributed by atoms with Crippen molar-refractivity contribution >= 4 is 27.1 Å². The zero-order chi connectivity index (χ0) is 13.2. The minimum atomic E-state index is -3.67. The van der Waals surface area contributed by atoms with Crippen LogP contribution in [0.3, 0.4) is 0 Å². The summed E-state index contributed by atoms with van der Waals surface area (Å²) in [5.41, 5.74) is 12.4. The topological polar surface area (TPSA) is 98.2 Å². The van der Waals surface area contributed by atoms with Crippen molar-refractivity contribution in [1.82, 2.24) is 0 Å². The van der Waals surface area contributed by atoms with Crippen LogP contribution in [-0.4, -0.2) is 8.42 Å². The Morgan fingerprint density at radius 2 is 1.50 bits per heavy atom. The summed E-state index contributed by atoms with van der Waals surface area (Å²) in [5, 5.41) is 0. The number of nitrogen functional groups attached to an aromatic ring is 2. The maximum absolute atomic E-state index is 12.1. The number of nitrogens with one attached hydrogen (secondary N) is 1.